The van der Waals surface area contributed by atoms with Crippen molar-refractivity contribution in [1.82, 2.24) is 4.90 Å². The molecule has 2 nitrogen and oxygen atoms in total. The van der Waals surface area contributed by atoms with Crippen LogP contribution in [-0.2, 0) is 0 Å². The zero-order valence-electron chi connectivity index (χ0n) is 14.5. The van der Waals surface area contributed by atoms with Crippen molar-refractivity contribution in [1.29, 1.82) is 0 Å². The second kappa shape index (κ2) is 5.85. The van der Waals surface area contributed by atoms with E-state index in [1.54, 1.807) is 0 Å². The molecule has 0 aromatic carbocycles. The Hall–Kier alpha value is -0.0800. The third kappa shape index (κ3) is 2.91. The highest BCUT2D eigenvalue weighted by Gasteiger charge is 2.48. The molecule has 1 saturated heterocycles. The van der Waals surface area contributed by atoms with E-state index >= 15 is 0 Å². The number of nitrogens with zero attached hydrogens (tertiary/aromatic N) is 1. The van der Waals surface area contributed by atoms with Gasteiger partial charge in [0.15, 0.2) is 0 Å². The van der Waals surface area contributed by atoms with Gasteiger partial charge in [0.2, 0.25) is 0 Å². The van der Waals surface area contributed by atoms with Gasteiger partial charge in [0.05, 0.1) is 0 Å². The van der Waals surface area contributed by atoms with Gasteiger partial charge in [-0.2, -0.15) is 0 Å². The lowest BCUT2D eigenvalue weighted by Gasteiger charge is -2.51. The van der Waals surface area contributed by atoms with E-state index in [-0.39, 0.29) is 0 Å². The summed E-state index contributed by atoms with van der Waals surface area (Å²) in [6, 6.07) is 0.869. The maximum atomic E-state index is 6.35. The summed E-state index contributed by atoms with van der Waals surface area (Å²) >= 11 is 0. The minimum atomic E-state index is 0.346. The molecule has 2 heteroatoms. The van der Waals surface area contributed by atoms with Crippen LogP contribution in [0.4, 0.5) is 0 Å². The first-order valence-corrected chi connectivity index (χ1v) is 9.43. The van der Waals surface area contributed by atoms with Crippen LogP contribution >= 0.6 is 0 Å². The molecule has 21 heavy (non-hydrogen) atoms. The summed E-state index contributed by atoms with van der Waals surface area (Å²) < 4.78 is 0. The average molecular weight is 293 g/mol. The minimum Gasteiger partial charge on any atom is -0.329 e. The van der Waals surface area contributed by atoms with E-state index in [1.165, 1.54) is 64.3 Å². The van der Waals surface area contributed by atoms with Gasteiger partial charge in [-0.15, -0.1) is 0 Å². The molecular formula is C19H36N2. The van der Waals surface area contributed by atoms with Crippen molar-refractivity contribution in [3.63, 3.8) is 0 Å². The summed E-state index contributed by atoms with van der Waals surface area (Å²) in [7, 11) is 0. The van der Waals surface area contributed by atoms with E-state index in [0.29, 0.717) is 11.0 Å². The predicted octanol–water partition coefficient (Wildman–Crippen LogP) is 4.18. The van der Waals surface area contributed by atoms with Crippen LogP contribution in [0.5, 0.6) is 0 Å². The van der Waals surface area contributed by atoms with Gasteiger partial charge in [-0.05, 0) is 68.7 Å². The molecular weight excluding hydrogens is 256 g/mol. The molecule has 0 amide bonds. The SMILES string of the molecule is CC(C)(C)C1CCC(CN)(N2CCC3CCCCC32)CC1. The normalized spacial score (nSPS) is 42.0. The highest BCUT2D eigenvalue weighted by Crippen LogP contribution is 2.48. The van der Waals surface area contributed by atoms with Gasteiger partial charge < -0.3 is 5.73 Å². The topological polar surface area (TPSA) is 29.3 Å². The molecule has 2 saturated carbocycles. The van der Waals surface area contributed by atoms with E-state index in [4.69, 9.17) is 5.73 Å². The molecule has 3 rings (SSSR count). The first kappa shape index (κ1) is 15.8. The fourth-order valence-electron chi connectivity index (χ4n) is 5.62. The van der Waals surface area contributed by atoms with Crippen LogP contribution in [0.15, 0.2) is 0 Å². The lowest BCUT2D eigenvalue weighted by molar-refractivity contribution is -0.000431. The van der Waals surface area contributed by atoms with Crippen molar-refractivity contribution in [2.45, 2.75) is 90.1 Å². The molecule has 2 unspecified atom stereocenters. The zero-order valence-corrected chi connectivity index (χ0v) is 14.5. The van der Waals surface area contributed by atoms with Gasteiger partial charge in [-0.1, -0.05) is 33.6 Å². The first-order chi connectivity index (χ1) is 9.96. The maximum Gasteiger partial charge on any atom is 0.0335 e. The highest BCUT2D eigenvalue weighted by atomic mass is 15.3. The van der Waals surface area contributed by atoms with Gasteiger partial charge in [0.1, 0.15) is 0 Å². The average Bonchev–Trinajstić information content (AvgIpc) is 2.91. The molecule has 0 aromatic heterocycles. The molecule has 1 heterocycles. The van der Waals surface area contributed by atoms with Gasteiger partial charge in [0, 0.05) is 18.1 Å². The fraction of sp³-hybridized carbons (Fsp3) is 1.00. The van der Waals surface area contributed by atoms with E-state index in [1.807, 2.05) is 0 Å². The molecule has 2 N–H and O–H groups in total. The third-order valence-corrected chi connectivity index (χ3v) is 7.14. The number of likely N-dealkylation sites (tertiary alicyclic amines) is 1. The van der Waals surface area contributed by atoms with Gasteiger partial charge in [-0.3, -0.25) is 4.90 Å². The van der Waals surface area contributed by atoms with Crippen LogP contribution in [0.25, 0.3) is 0 Å². The van der Waals surface area contributed by atoms with Gasteiger partial charge >= 0.3 is 0 Å². The Labute approximate surface area is 131 Å². The number of nitrogens with two attached hydrogens (primary N) is 1. The lowest BCUT2D eigenvalue weighted by atomic mass is 9.66. The summed E-state index contributed by atoms with van der Waals surface area (Å²) in [5.41, 5.74) is 7.17. The van der Waals surface area contributed by atoms with Crippen LogP contribution in [-0.4, -0.2) is 29.6 Å². The van der Waals surface area contributed by atoms with Crippen molar-refractivity contribution >= 4 is 0 Å². The smallest absolute Gasteiger partial charge is 0.0335 e. The van der Waals surface area contributed by atoms with Crippen LogP contribution in [0.3, 0.4) is 0 Å². The first-order valence-electron chi connectivity index (χ1n) is 9.43. The molecule has 1 aliphatic heterocycles. The third-order valence-electron chi connectivity index (χ3n) is 7.14. The Bertz CT molecular complexity index is 349. The summed E-state index contributed by atoms with van der Waals surface area (Å²) in [6.07, 6.45) is 12.7. The van der Waals surface area contributed by atoms with E-state index < -0.39 is 0 Å². The quantitative estimate of drug-likeness (QED) is 0.827. The number of fused-ring (bicyclic) bond motifs is 1. The van der Waals surface area contributed by atoms with Gasteiger partial charge in [0.25, 0.3) is 0 Å². The molecule has 0 bridgehead atoms. The summed E-state index contributed by atoms with van der Waals surface area (Å²) in [5, 5.41) is 0. The molecule has 0 spiro atoms. The van der Waals surface area contributed by atoms with Gasteiger partial charge in [-0.25, -0.2) is 0 Å². The Morgan fingerprint density at radius 2 is 1.67 bits per heavy atom. The number of hydrogen-bond donors (Lipinski definition) is 1. The van der Waals surface area contributed by atoms with E-state index in [0.717, 1.165) is 24.4 Å². The maximum absolute atomic E-state index is 6.35. The highest BCUT2D eigenvalue weighted by molar-refractivity contribution is 5.04. The largest absolute Gasteiger partial charge is 0.329 e. The van der Waals surface area contributed by atoms with E-state index in [2.05, 4.69) is 25.7 Å². The molecule has 2 atom stereocenters. The van der Waals surface area contributed by atoms with Crippen LogP contribution < -0.4 is 5.73 Å². The monoisotopic (exact) mass is 292 g/mol. The molecule has 2 aliphatic carbocycles. The van der Waals surface area contributed by atoms with Crippen LogP contribution in [0.2, 0.25) is 0 Å². The number of rotatable bonds is 2. The molecule has 122 valence electrons. The molecule has 0 aromatic rings. The lowest BCUT2D eigenvalue weighted by Crippen LogP contribution is -2.58. The Kier molecular flexibility index (Phi) is 4.40. The fourth-order valence-corrected chi connectivity index (χ4v) is 5.62. The van der Waals surface area contributed by atoms with Crippen molar-refractivity contribution in [2.24, 2.45) is 23.0 Å². The summed E-state index contributed by atoms with van der Waals surface area (Å²) in [5.74, 6) is 1.88. The summed E-state index contributed by atoms with van der Waals surface area (Å²) in [4.78, 5) is 2.90. The van der Waals surface area contributed by atoms with E-state index in [9.17, 15) is 0 Å². The van der Waals surface area contributed by atoms with Crippen molar-refractivity contribution < 1.29 is 0 Å². The predicted molar refractivity (Wildman–Crippen MR) is 90.3 cm³/mol. The molecule has 3 aliphatic rings. The summed E-state index contributed by atoms with van der Waals surface area (Å²) in [6.45, 7) is 9.46. The molecule has 0 radical (unpaired) electrons. The second-order valence-electron chi connectivity index (χ2n) is 9.16. The van der Waals surface area contributed by atoms with Crippen LogP contribution in [0.1, 0.15) is 78.6 Å². The Balaban J connectivity index is 1.70. The minimum absolute atomic E-state index is 0.346. The van der Waals surface area contributed by atoms with Crippen molar-refractivity contribution in [2.75, 3.05) is 13.1 Å². The Morgan fingerprint density at radius 3 is 2.29 bits per heavy atom. The van der Waals surface area contributed by atoms with Crippen molar-refractivity contribution in [3.05, 3.63) is 0 Å². The van der Waals surface area contributed by atoms with Crippen molar-refractivity contribution in [3.8, 4) is 0 Å². The Morgan fingerprint density at radius 1 is 1.00 bits per heavy atom. The van der Waals surface area contributed by atoms with Crippen LogP contribution in [0, 0.1) is 17.3 Å². The number of hydrogen-bond acceptors (Lipinski definition) is 2. The standard InChI is InChI=1S/C19H36N2/c1-18(2,3)16-8-11-19(14-20,12-9-16)21-13-10-15-6-4-5-7-17(15)21/h15-17H,4-14,20H2,1-3H3. The zero-order chi connectivity index (χ0) is 15.1. The molecule has 3 fully saturated rings. The second-order valence-corrected chi connectivity index (χ2v) is 9.16.